The summed E-state index contributed by atoms with van der Waals surface area (Å²) in [5.74, 6) is -0.922. The largest absolute Gasteiger partial charge is 0.478 e. The highest BCUT2D eigenvalue weighted by atomic mass is 16.4. The Balaban J connectivity index is 2.63. The highest BCUT2D eigenvalue weighted by Crippen LogP contribution is 2.24. The minimum Gasteiger partial charge on any atom is -0.478 e. The molecule has 0 atom stereocenters. The van der Waals surface area contributed by atoms with Crippen LogP contribution < -0.4 is 0 Å². The van der Waals surface area contributed by atoms with Gasteiger partial charge in [0.2, 0.25) is 0 Å². The zero-order valence-electron chi connectivity index (χ0n) is 9.01. The van der Waals surface area contributed by atoms with E-state index in [1.807, 2.05) is 6.07 Å². The third kappa shape index (κ3) is 1.56. The molecule has 0 fully saturated rings. The van der Waals surface area contributed by atoms with Crippen LogP contribution in [0.1, 0.15) is 15.9 Å². The molecule has 1 N–H and O–H groups in total. The van der Waals surface area contributed by atoms with Gasteiger partial charge in [-0.2, -0.15) is 0 Å². The molecule has 1 heterocycles. The summed E-state index contributed by atoms with van der Waals surface area (Å²) in [7, 11) is 1.77. The molecular formula is C11H11N3O2. The zero-order chi connectivity index (χ0) is 11.7. The number of aromatic carboxylic acids is 1. The number of carboxylic acid groups (broad SMARTS) is 1. The molecule has 1 aromatic carbocycles. The van der Waals surface area contributed by atoms with Gasteiger partial charge in [-0.3, -0.25) is 0 Å². The average molecular weight is 217 g/mol. The lowest BCUT2D eigenvalue weighted by molar-refractivity contribution is 0.0696. The Morgan fingerprint density at radius 1 is 1.44 bits per heavy atom. The SMILES string of the molecule is Cc1c(C(=O)O)cccc1-c1cnnn1C. The van der Waals surface area contributed by atoms with Crippen molar-refractivity contribution in [2.75, 3.05) is 0 Å². The van der Waals surface area contributed by atoms with E-state index in [9.17, 15) is 4.79 Å². The molecule has 0 aliphatic carbocycles. The Morgan fingerprint density at radius 2 is 2.19 bits per heavy atom. The van der Waals surface area contributed by atoms with Crippen LogP contribution in [0.3, 0.4) is 0 Å². The maximum absolute atomic E-state index is 11.0. The topological polar surface area (TPSA) is 68.0 Å². The Bertz CT molecular complexity index is 546. The molecule has 0 saturated heterocycles. The normalized spacial score (nSPS) is 10.4. The molecule has 2 aromatic rings. The van der Waals surface area contributed by atoms with Crippen molar-refractivity contribution in [3.8, 4) is 11.3 Å². The van der Waals surface area contributed by atoms with Crippen molar-refractivity contribution in [3.63, 3.8) is 0 Å². The Kier molecular flexibility index (Phi) is 2.44. The summed E-state index contributed by atoms with van der Waals surface area (Å²) in [6.45, 7) is 1.78. The molecule has 0 bridgehead atoms. The number of carbonyl (C=O) groups is 1. The van der Waals surface area contributed by atoms with Crippen molar-refractivity contribution >= 4 is 5.97 Å². The van der Waals surface area contributed by atoms with Gasteiger partial charge in [0.1, 0.15) is 0 Å². The number of rotatable bonds is 2. The van der Waals surface area contributed by atoms with Crippen molar-refractivity contribution < 1.29 is 9.90 Å². The number of aryl methyl sites for hydroxylation is 1. The van der Waals surface area contributed by atoms with Gasteiger partial charge in [0.15, 0.2) is 0 Å². The molecule has 0 saturated carbocycles. The maximum atomic E-state index is 11.0. The fourth-order valence-corrected chi connectivity index (χ4v) is 1.68. The smallest absolute Gasteiger partial charge is 0.335 e. The second-order valence-corrected chi connectivity index (χ2v) is 3.53. The first-order valence-electron chi connectivity index (χ1n) is 4.79. The number of carboxylic acids is 1. The lowest BCUT2D eigenvalue weighted by atomic mass is 10.0. The molecule has 1 aromatic heterocycles. The van der Waals surface area contributed by atoms with Gasteiger partial charge in [-0.15, -0.1) is 5.10 Å². The molecule has 0 amide bonds. The van der Waals surface area contributed by atoms with Crippen molar-refractivity contribution in [2.24, 2.45) is 7.05 Å². The van der Waals surface area contributed by atoms with Crippen LogP contribution in [0.5, 0.6) is 0 Å². The van der Waals surface area contributed by atoms with E-state index in [0.29, 0.717) is 5.56 Å². The summed E-state index contributed by atoms with van der Waals surface area (Å²) in [6, 6.07) is 5.17. The van der Waals surface area contributed by atoms with Crippen LogP contribution in [0, 0.1) is 6.92 Å². The molecule has 82 valence electrons. The fraction of sp³-hybridized carbons (Fsp3) is 0.182. The van der Waals surface area contributed by atoms with Gasteiger partial charge in [-0.25, -0.2) is 9.48 Å². The molecule has 0 radical (unpaired) electrons. The fourth-order valence-electron chi connectivity index (χ4n) is 1.68. The molecule has 16 heavy (non-hydrogen) atoms. The van der Waals surface area contributed by atoms with Gasteiger partial charge in [0.25, 0.3) is 0 Å². The minimum absolute atomic E-state index is 0.304. The van der Waals surface area contributed by atoms with E-state index in [1.54, 1.807) is 37.0 Å². The van der Waals surface area contributed by atoms with Crippen molar-refractivity contribution in [3.05, 3.63) is 35.5 Å². The molecule has 0 aliphatic heterocycles. The summed E-state index contributed by atoms with van der Waals surface area (Å²) in [5.41, 5.74) is 2.67. The van der Waals surface area contributed by atoms with Gasteiger partial charge in [-0.05, 0) is 18.6 Å². The van der Waals surface area contributed by atoms with Gasteiger partial charge >= 0.3 is 5.97 Å². The lowest BCUT2D eigenvalue weighted by Gasteiger charge is -2.07. The third-order valence-electron chi connectivity index (χ3n) is 2.55. The van der Waals surface area contributed by atoms with E-state index < -0.39 is 5.97 Å². The summed E-state index contributed by atoms with van der Waals surface area (Å²) in [6.07, 6.45) is 1.62. The van der Waals surface area contributed by atoms with Crippen LogP contribution in [-0.4, -0.2) is 26.1 Å². The Hall–Kier alpha value is -2.17. The monoisotopic (exact) mass is 217 g/mol. The van der Waals surface area contributed by atoms with E-state index in [2.05, 4.69) is 10.3 Å². The molecular weight excluding hydrogens is 206 g/mol. The predicted molar refractivity (Wildman–Crippen MR) is 58.1 cm³/mol. The van der Waals surface area contributed by atoms with Crippen LogP contribution >= 0.6 is 0 Å². The molecule has 5 nitrogen and oxygen atoms in total. The van der Waals surface area contributed by atoms with E-state index in [0.717, 1.165) is 16.8 Å². The van der Waals surface area contributed by atoms with Gasteiger partial charge in [-0.1, -0.05) is 17.3 Å². The highest BCUT2D eigenvalue weighted by Gasteiger charge is 2.13. The molecule has 0 spiro atoms. The number of hydrogen-bond acceptors (Lipinski definition) is 3. The first kappa shape index (κ1) is 10.4. The minimum atomic E-state index is -0.922. The van der Waals surface area contributed by atoms with Crippen LogP contribution in [0.2, 0.25) is 0 Å². The Labute approximate surface area is 92.3 Å². The van der Waals surface area contributed by atoms with Gasteiger partial charge in [0, 0.05) is 12.6 Å². The molecule has 0 unspecified atom stereocenters. The predicted octanol–water partition coefficient (Wildman–Crippen LogP) is 1.49. The van der Waals surface area contributed by atoms with Crippen LogP contribution in [0.4, 0.5) is 0 Å². The second-order valence-electron chi connectivity index (χ2n) is 3.53. The molecule has 5 heteroatoms. The van der Waals surface area contributed by atoms with Gasteiger partial charge < -0.3 is 5.11 Å². The summed E-state index contributed by atoms with van der Waals surface area (Å²) >= 11 is 0. The van der Waals surface area contributed by atoms with E-state index in [1.165, 1.54) is 0 Å². The van der Waals surface area contributed by atoms with Crippen LogP contribution in [-0.2, 0) is 7.05 Å². The number of benzene rings is 1. The standard InChI is InChI=1S/C11H11N3O2/c1-7-8(10-6-12-13-14(10)2)4-3-5-9(7)11(15)16/h3-6H,1-2H3,(H,15,16). The molecule has 0 aliphatic rings. The zero-order valence-corrected chi connectivity index (χ0v) is 9.01. The molecule has 2 rings (SSSR count). The van der Waals surface area contributed by atoms with Crippen molar-refractivity contribution in [1.29, 1.82) is 0 Å². The third-order valence-corrected chi connectivity index (χ3v) is 2.55. The van der Waals surface area contributed by atoms with E-state index in [4.69, 9.17) is 5.11 Å². The number of aromatic nitrogens is 3. The lowest BCUT2D eigenvalue weighted by Crippen LogP contribution is -2.02. The number of hydrogen-bond donors (Lipinski definition) is 1. The average Bonchev–Trinajstić information content (AvgIpc) is 2.64. The summed E-state index contributed by atoms with van der Waals surface area (Å²) < 4.78 is 1.62. The second kappa shape index (κ2) is 3.77. The van der Waals surface area contributed by atoms with Gasteiger partial charge in [0.05, 0.1) is 17.5 Å². The first-order valence-corrected chi connectivity index (χ1v) is 4.79. The van der Waals surface area contributed by atoms with E-state index >= 15 is 0 Å². The first-order chi connectivity index (χ1) is 7.61. The van der Waals surface area contributed by atoms with E-state index in [-0.39, 0.29) is 0 Å². The Morgan fingerprint density at radius 3 is 2.75 bits per heavy atom. The van der Waals surface area contributed by atoms with Crippen molar-refractivity contribution in [1.82, 2.24) is 15.0 Å². The summed E-state index contributed by atoms with van der Waals surface area (Å²) in [4.78, 5) is 11.0. The quantitative estimate of drug-likeness (QED) is 0.827. The summed E-state index contributed by atoms with van der Waals surface area (Å²) in [5, 5.41) is 16.6. The maximum Gasteiger partial charge on any atom is 0.335 e. The van der Waals surface area contributed by atoms with Crippen molar-refractivity contribution in [2.45, 2.75) is 6.92 Å². The highest BCUT2D eigenvalue weighted by molar-refractivity contribution is 5.91. The number of nitrogens with zero attached hydrogens (tertiary/aromatic N) is 3. The van der Waals surface area contributed by atoms with Crippen LogP contribution in [0.25, 0.3) is 11.3 Å². The van der Waals surface area contributed by atoms with Crippen LogP contribution in [0.15, 0.2) is 24.4 Å².